The molecule has 7 N–H and O–H groups in total. The van der Waals surface area contributed by atoms with Gasteiger partial charge in [-0.05, 0) is 24.2 Å². The van der Waals surface area contributed by atoms with Gasteiger partial charge in [-0.15, -0.1) is 0 Å². The van der Waals surface area contributed by atoms with E-state index in [0.717, 1.165) is 0 Å². The molecule has 0 radical (unpaired) electrons. The van der Waals surface area contributed by atoms with E-state index < -0.39 is 79.4 Å². The summed E-state index contributed by atoms with van der Waals surface area (Å²) in [5.41, 5.74) is 1.87. The SMILES string of the molecule is CCC(CC(=O)O)(N(CCN)C(N=C=S)c1ccccc1)C(CC(=O)O)(CC(=O)O)N(CC(=O)O)CC(=O)O. The number of carbonyl (C=O) groups is 5. The van der Waals surface area contributed by atoms with Gasteiger partial charge in [0.05, 0.1) is 48.6 Å². The molecule has 0 saturated heterocycles. The van der Waals surface area contributed by atoms with Crippen LogP contribution < -0.4 is 5.73 Å². The van der Waals surface area contributed by atoms with Crippen LogP contribution >= 0.6 is 12.2 Å². The van der Waals surface area contributed by atoms with Crippen LogP contribution in [0.25, 0.3) is 0 Å². The second-order valence-corrected chi connectivity index (χ2v) is 8.94. The summed E-state index contributed by atoms with van der Waals surface area (Å²) in [6.07, 6.45) is -4.59. The molecule has 0 spiro atoms. The van der Waals surface area contributed by atoms with E-state index in [1.807, 2.05) is 0 Å². The molecule has 1 aromatic rings. The van der Waals surface area contributed by atoms with Crippen LogP contribution in [0.4, 0.5) is 0 Å². The van der Waals surface area contributed by atoms with Crippen LogP contribution in [-0.4, -0.2) is 108 Å². The Kier molecular flexibility index (Phi) is 12.8. The lowest BCUT2D eigenvalue weighted by molar-refractivity contribution is -0.174. The number of isothiocyanates is 1. The Morgan fingerprint density at radius 2 is 1.33 bits per heavy atom. The summed E-state index contributed by atoms with van der Waals surface area (Å²) in [6, 6.07) is 8.23. The predicted octanol–water partition coefficient (Wildman–Crippen LogP) is 0.832. The van der Waals surface area contributed by atoms with Crippen molar-refractivity contribution in [2.75, 3.05) is 26.2 Å². The number of hydrogen-bond donors (Lipinski definition) is 6. The summed E-state index contributed by atoms with van der Waals surface area (Å²) < 4.78 is 0. The van der Waals surface area contributed by atoms with E-state index in [4.69, 9.17) is 18.0 Å². The lowest BCUT2D eigenvalue weighted by Crippen LogP contribution is -2.74. The first-order valence-electron chi connectivity index (χ1n) is 11.7. The first-order valence-corrected chi connectivity index (χ1v) is 12.1. The molecule has 0 amide bonds. The van der Waals surface area contributed by atoms with Gasteiger partial charge in [0.15, 0.2) is 0 Å². The highest BCUT2D eigenvalue weighted by molar-refractivity contribution is 7.78. The lowest BCUT2D eigenvalue weighted by Gasteiger charge is -2.59. The van der Waals surface area contributed by atoms with Crippen molar-refractivity contribution in [3.63, 3.8) is 0 Å². The zero-order valence-corrected chi connectivity index (χ0v) is 22.0. The molecule has 0 fully saturated rings. The number of hydrogen-bond acceptors (Lipinski definition) is 10. The number of rotatable bonds is 19. The summed E-state index contributed by atoms with van der Waals surface area (Å²) in [5.74, 6) is -7.87. The van der Waals surface area contributed by atoms with Crippen LogP contribution in [0.15, 0.2) is 35.3 Å². The maximum Gasteiger partial charge on any atom is 0.317 e. The minimum absolute atomic E-state index is 0.147. The fourth-order valence-corrected chi connectivity index (χ4v) is 5.34. The minimum atomic E-state index is -2.41. The summed E-state index contributed by atoms with van der Waals surface area (Å²) in [7, 11) is 0. The first kappa shape index (κ1) is 33.3. The molecular formula is C24H32N4O10S. The molecule has 14 nitrogen and oxygen atoms in total. The third kappa shape index (κ3) is 8.37. The summed E-state index contributed by atoms with van der Waals surface area (Å²) in [4.78, 5) is 67.0. The second kappa shape index (κ2) is 15.0. The average molecular weight is 569 g/mol. The van der Waals surface area contributed by atoms with Gasteiger partial charge in [-0.25, -0.2) is 4.99 Å². The summed E-state index contributed by atoms with van der Waals surface area (Å²) >= 11 is 4.83. The molecule has 0 bridgehead atoms. The smallest absolute Gasteiger partial charge is 0.317 e. The monoisotopic (exact) mass is 568 g/mol. The Hall–Kier alpha value is -3.75. The normalized spacial score (nSPS) is 13.7. The van der Waals surface area contributed by atoms with Crippen molar-refractivity contribution in [3.05, 3.63) is 35.9 Å². The molecule has 2 unspecified atom stereocenters. The standard InChI is InChI=1S/C24H32N4O10S/c1-2-23(10-17(29)30,28(9-8-25)22(26-15-39)16-6-4-3-5-7-16)24(11-18(31)32,12-19(33)34)27(13-20(35)36)14-21(37)38/h3-7,22H,2,8-14,25H2,1H3,(H,29,30)(H,31,32)(H,33,34)(H,35,36)(H,37,38). The maximum atomic E-state index is 12.4. The van der Waals surface area contributed by atoms with Crippen LogP contribution in [0, 0.1) is 0 Å². The van der Waals surface area contributed by atoms with E-state index in [-0.39, 0.29) is 19.5 Å². The fraction of sp³-hybridized carbons (Fsp3) is 0.500. The Morgan fingerprint density at radius 3 is 1.69 bits per heavy atom. The highest BCUT2D eigenvalue weighted by atomic mass is 32.1. The molecule has 214 valence electrons. The van der Waals surface area contributed by atoms with Crippen LogP contribution in [0.5, 0.6) is 0 Å². The maximum absolute atomic E-state index is 12.4. The molecule has 0 aromatic heterocycles. The summed E-state index contributed by atoms with van der Waals surface area (Å²) in [5, 5.41) is 51.6. The quantitative estimate of drug-likeness (QED) is 0.100. The largest absolute Gasteiger partial charge is 0.481 e. The Morgan fingerprint density at radius 1 is 0.872 bits per heavy atom. The van der Waals surface area contributed by atoms with Gasteiger partial charge >= 0.3 is 29.8 Å². The van der Waals surface area contributed by atoms with Crippen LogP contribution in [-0.2, 0) is 24.0 Å². The molecule has 39 heavy (non-hydrogen) atoms. The highest BCUT2D eigenvalue weighted by Crippen LogP contribution is 2.48. The number of aliphatic imine (C=N–C) groups is 1. The molecule has 1 aromatic carbocycles. The van der Waals surface area contributed by atoms with Crippen molar-refractivity contribution in [2.45, 2.75) is 49.9 Å². The van der Waals surface area contributed by atoms with Crippen LogP contribution in [0.2, 0.25) is 0 Å². The lowest BCUT2D eigenvalue weighted by atomic mass is 9.65. The van der Waals surface area contributed by atoms with Crippen LogP contribution in [0.3, 0.4) is 0 Å². The fourth-order valence-electron chi connectivity index (χ4n) is 5.24. The van der Waals surface area contributed by atoms with Gasteiger partial charge in [0, 0.05) is 13.1 Å². The summed E-state index contributed by atoms with van der Waals surface area (Å²) in [6.45, 7) is -1.07. The van der Waals surface area contributed by atoms with Gasteiger partial charge in [-0.2, -0.15) is 0 Å². The third-order valence-corrected chi connectivity index (χ3v) is 6.63. The van der Waals surface area contributed by atoms with Gasteiger partial charge in [-0.3, -0.25) is 33.8 Å². The number of carboxylic acids is 5. The van der Waals surface area contributed by atoms with E-state index in [9.17, 15) is 49.5 Å². The number of thiocarbonyl (C=S) groups is 1. The van der Waals surface area contributed by atoms with Gasteiger partial charge in [-0.1, -0.05) is 37.3 Å². The number of aliphatic carboxylic acids is 5. The number of carboxylic acid groups (broad SMARTS) is 5. The topological polar surface area (TPSA) is 231 Å². The minimum Gasteiger partial charge on any atom is -0.481 e. The van der Waals surface area contributed by atoms with E-state index in [1.165, 1.54) is 11.8 Å². The van der Waals surface area contributed by atoms with E-state index >= 15 is 0 Å². The number of nitrogens with zero attached hydrogens (tertiary/aromatic N) is 3. The van der Waals surface area contributed by atoms with Crippen LogP contribution in [0.1, 0.15) is 44.3 Å². The Labute approximate surface area is 229 Å². The zero-order valence-electron chi connectivity index (χ0n) is 21.2. The molecule has 0 aliphatic rings. The third-order valence-electron chi connectivity index (χ3n) is 6.53. The predicted molar refractivity (Wildman–Crippen MR) is 139 cm³/mol. The van der Waals surface area contributed by atoms with Crippen molar-refractivity contribution < 1.29 is 49.5 Å². The van der Waals surface area contributed by atoms with Gasteiger partial charge < -0.3 is 31.3 Å². The molecule has 0 heterocycles. The van der Waals surface area contributed by atoms with E-state index in [2.05, 4.69) is 10.2 Å². The zero-order chi connectivity index (χ0) is 29.8. The van der Waals surface area contributed by atoms with Crippen molar-refractivity contribution >= 4 is 47.2 Å². The molecular weight excluding hydrogens is 536 g/mol. The molecule has 0 aliphatic carbocycles. The van der Waals surface area contributed by atoms with Crippen molar-refractivity contribution in [3.8, 4) is 0 Å². The average Bonchev–Trinajstić information content (AvgIpc) is 2.83. The van der Waals surface area contributed by atoms with Gasteiger partial charge in [0.1, 0.15) is 6.17 Å². The Bertz CT molecular complexity index is 1060. The Balaban J connectivity index is 4.37. The molecule has 1 rings (SSSR count). The molecule has 2 atom stereocenters. The van der Waals surface area contributed by atoms with Gasteiger partial charge in [0.2, 0.25) is 0 Å². The first-order chi connectivity index (χ1) is 18.3. The van der Waals surface area contributed by atoms with Crippen molar-refractivity contribution in [2.24, 2.45) is 10.7 Å². The molecule has 15 heteroatoms. The van der Waals surface area contributed by atoms with E-state index in [1.54, 1.807) is 30.3 Å². The molecule has 0 saturated carbocycles. The van der Waals surface area contributed by atoms with Gasteiger partial charge in [0.25, 0.3) is 0 Å². The second-order valence-electron chi connectivity index (χ2n) is 8.76. The van der Waals surface area contributed by atoms with Crippen molar-refractivity contribution in [1.82, 2.24) is 9.80 Å². The van der Waals surface area contributed by atoms with Crippen molar-refractivity contribution in [1.29, 1.82) is 0 Å². The number of nitrogens with two attached hydrogens (primary N) is 1. The highest BCUT2D eigenvalue weighted by Gasteiger charge is 2.61. The number of benzene rings is 1. The van der Waals surface area contributed by atoms with E-state index in [0.29, 0.717) is 10.5 Å². The molecule has 0 aliphatic heterocycles.